The van der Waals surface area contributed by atoms with Gasteiger partial charge in [-0.3, -0.25) is 0 Å². The lowest BCUT2D eigenvalue weighted by molar-refractivity contribution is 0.194. The third kappa shape index (κ3) is 4.32. The maximum absolute atomic E-state index is 14.2. The third-order valence-corrected chi connectivity index (χ3v) is 8.82. The molecule has 1 unspecified atom stereocenters. The number of carbonyl (C=O) groups is 1. The number of fused-ring (bicyclic) bond motifs is 5. The number of hydrogen-bond acceptors (Lipinski definition) is 5. The van der Waals surface area contributed by atoms with Crippen LogP contribution in [-0.2, 0) is 19.5 Å². The first-order valence-electron chi connectivity index (χ1n) is 12.5. The molecular weight excluding hydrogens is 520 g/mol. The lowest BCUT2D eigenvalue weighted by atomic mass is 10.00. The summed E-state index contributed by atoms with van der Waals surface area (Å²) in [6, 6.07) is 16.7. The van der Waals surface area contributed by atoms with Gasteiger partial charge in [0.25, 0.3) is 0 Å². The van der Waals surface area contributed by atoms with Crippen LogP contribution in [0.25, 0.3) is 5.00 Å². The highest BCUT2D eigenvalue weighted by Gasteiger charge is 2.36. The highest BCUT2D eigenvalue weighted by molar-refractivity contribution is 7.15. The number of urea groups is 1. The van der Waals surface area contributed by atoms with Crippen LogP contribution >= 0.6 is 22.9 Å². The number of methoxy groups -OCH3 is 2. The van der Waals surface area contributed by atoms with E-state index in [9.17, 15) is 4.79 Å². The van der Waals surface area contributed by atoms with Gasteiger partial charge >= 0.3 is 6.03 Å². The Hall–Kier alpha value is -3.46. The van der Waals surface area contributed by atoms with E-state index < -0.39 is 0 Å². The molecule has 38 heavy (non-hydrogen) atoms. The summed E-state index contributed by atoms with van der Waals surface area (Å²) in [6.07, 6.45) is 3.07. The van der Waals surface area contributed by atoms with Crippen molar-refractivity contribution < 1.29 is 14.3 Å². The number of thiophene rings is 1. The number of ether oxygens (including phenoxy) is 2. The summed E-state index contributed by atoms with van der Waals surface area (Å²) in [5, 5.41) is 4.80. The minimum atomic E-state index is -0.341. The van der Waals surface area contributed by atoms with Crippen molar-refractivity contribution in [3.63, 3.8) is 0 Å². The van der Waals surface area contributed by atoms with E-state index in [4.69, 9.17) is 21.1 Å². The molecule has 0 aliphatic carbocycles. The van der Waals surface area contributed by atoms with Crippen LogP contribution < -0.4 is 14.8 Å². The quantitative estimate of drug-likeness (QED) is 0.323. The second-order valence-corrected chi connectivity index (χ2v) is 11.2. The fourth-order valence-electron chi connectivity index (χ4n) is 5.48. The monoisotopic (exact) mass is 548 g/mol. The van der Waals surface area contributed by atoms with E-state index in [0.717, 1.165) is 36.5 Å². The zero-order valence-electron chi connectivity index (χ0n) is 21.5. The first-order chi connectivity index (χ1) is 18.5. The normalized spacial score (nSPS) is 16.7. The minimum absolute atomic E-state index is 0.230. The Morgan fingerprint density at radius 1 is 1.05 bits per heavy atom. The SMILES string of the molecule is COc1cccc(C2c3cccn3-c3sc4c(c3CN2C(=O)Nc2cc(Cl)ccc2OC)CCN(C)C4)c1. The van der Waals surface area contributed by atoms with Crippen LogP contribution in [0.3, 0.4) is 0 Å². The average Bonchev–Trinajstić information content (AvgIpc) is 3.50. The molecular formula is C29H29ClN4O3S. The van der Waals surface area contributed by atoms with Crippen LogP contribution in [0.15, 0.2) is 60.8 Å². The average molecular weight is 549 g/mol. The zero-order valence-corrected chi connectivity index (χ0v) is 23.1. The molecule has 0 spiro atoms. The highest BCUT2D eigenvalue weighted by atomic mass is 35.5. The Kier molecular flexibility index (Phi) is 6.55. The topological polar surface area (TPSA) is 59.0 Å². The Morgan fingerprint density at radius 2 is 1.92 bits per heavy atom. The van der Waals surface area contributed by atoms with Gasteiger partial charge in [0.05, 0.1) is 38.2 Å². The number of likely N-dealkylation sites (N-methyl/N-ethyl adjacent to an activating group) is 1. The second-order valence-electron chi connectivity index (χ2n) is 9.66. The molecule has 2 aliphatic rings. The number of halogens is 1. The maximum atomic E-state index is 14.2. The number of rotatable bonds is 4. The molecule has 7 nitrogen and oxygen atoms in total. The van der Waals surface area contributed by atoms with Crippen LogP contribution in [0.5, 0.6) is 11.5 Å². The molecule has 0 bridgehead atoms. The smallest absolute Gasteiger partial charge is 0.323 e. The predicted molar refractivity (Wildman–Crippen MR) is 151 cm³/mol. The van der Waals surface area contributed by atoms with Crippen LogP contribution in [0.1, 0.15) is 33.3 Å². The lowest BCUT2D eigenvalue weighted by Gasteiger charge is -2.32. The van der Waals surface area contributed by atoms with E-state index in [1.165, 1.54) is 21.0 Å². The minimum Gasteiger partial charge on any atom is -0.497 e. The number of carbonyl (C=O) groups excluding carboxylic acids is 1. The standard InChI is InChI=1S/C29H29ClN4O3S/c1-32-13-11-21-22-16-34(29(35)31-23-15-19(30)9-10-25(23)37-3)27(18-6-4-7-20(14-18)36-2)24-8-5-12-33(24)28(22)38-26(21)17-32/h4-10,12,14-15,27H,11,13,16-17H2,1-3H3,(H,31,35). The molecule has 1 N–H and O–H groups in total. The molecule has 0 fully saturated rings. The number of amides is 2. The largest absolute Gasteiger partial charge is 0.497 e. The number of hydrogen-bond donors (Lipinski definition) is 1. The van der Waals surface area contributed by atoms with Crippen molar-refractivity contribution in [2.75, 3.05) is 33.1 Å². The summed E-state index contributed by atoms with van der Waals surface area (Å²) in [5.74, 6) is 1.30. The van der Waals surface area contributed by atoms with Crippen LogP contribution in [0.4, 0.5) is 10.5 Å². The van der Waals surface area contributed by atoms with Crippen molar-refractivity contribution in [2.24, 2.45) is 0 Å². The first kappa shape index (κ1) is 24.9. The van der Waals surface area contributed by atoms with E-state index in [1.807, 2.05) is 34.4 Å². The van der Waals surface area contributed by atoms with Crippen molar-refractivity contribution >= 4 is 34.7 Å². The molecule has 2 aromatic heterocycles. The Balaban J connectivity index is 1.50. The third-order valence-electron chi connectivity index (χ3n) is 7.33. The van der Waals surface area contributed by atoms with Crippen LogP contribution in [0.2, 0.25) is 5.02 Å². The molecule has 2 aliphatic heterocycles. The van der Waals surface area contributed by atoms with Gasteiger partial charge in [-0.15, -0.1) is 11.3 Å². The van der Waals surface area contributed by atoms with Crippen molar-refractivity contribution in [2.45, 2.75) is 25.6 Å². The highest BCUT2D eigenvalue weighted by Crippen LogP contribution is 2.44. The van der Waals surface area contributed by atoms with Gasteiger partial charge in [-0.05, 0) is 67.1 Å². The molecule has 1 atom stereocenters. The van der Waals surface area contributed by atoms with Crippen LogP contribution in [-0.4, -0.2) is 48.2 Å². The Labute approximate surface area is 231 Å². The van der Waals surface area contributed by atoms with Gasteiger partial charge in [-0.2, -0.15) is 0 Å². The number of benzene rings is 2. The molecule has 0 radical (unpaired) electrons. The zero-order chi connectivity index (χ0) is 26.4. The number of nitrogens with zero attached hydrogens (tertiary/aromatic N) is 3. The van der Waals surface area contributed by atoms with Gasteiger partial charge in [0, 0.05) is 34.7 Å². The molecule has 0 saturated heterocycles. The summed E-state index contributed by atoms with van der Waals surface area (Å²) >= 11 is 8.12. The van der Waals surface area contributed by atoms with Gasteiger partial charge in [0.15, 0.2) is 0 Å². The molecule has 2 aromatic carbocycles. The molecule has 2 amide bonds. The van der Waals surface area contributed by atoms with Gasteiger partial charge in [-0.25, -0.2) is 4.79 Å². The lowest BCUT2D eigenvalue weighted by Crippen LogP contribution is -2.38. The number of anilines is 1. The summed E-state index contributed by atoms with van der Waals surface area (Å²) in [7, 11) is 5.40. The van der Waals surface area contributed by atoms with E-state index in [2.05, 4.69) is 46.2 Å². The number of nitrogens with one attached hydrogen (secondary N) is 1. The summed E-state index contributed by atoms with van der Waals surface area (Å²) in [4.78, 5) is 19.8. The molecule has 4 heterocycles. The van der Waals surface area contributed by atoms with E-state index in [-0.39, 0.29) is 12.1 Å². The number of aromatic nitrogens is 1. The summed E-state index contributed by atoms with van der Waals surface area (Å²) < 4.78 is 13.3. The fourth-order valence-corrected chi connectivity index (χ4v) is 7.09. The Bertz CT molecular complexity index is 1510. The molecule has 196 valence electrons. The molecule has 9 heteroatoms. The van der Waals surface area contributed by atoms with E-state index in [0.29, 0.717) is 23.0 Å². The molecule has 0 saturated carbocycles. The van der Waals surface area contributed by atoms with E-state index >= 15 is 0 Å². The van der Waals surface area contributed by atoms with E-state index in [1.54, 1.807) is 32.4 Å². The molecule has 4 aromatic rings. The fraction of sp³-hybridized carbons (Fsp3) is 0.276. The van der Waals surface area contributed by atoms with Crippen molar-refractivity contribution in [3.05, 3.63) is 93.1 Å². The summed E-state index contributed by atoms with van der Waals surface area (Å²) in [6.45, 7) is 2.40. The van der Waals surface area contributed by atoms with Crippen molar-refractivity contribution in [3.8, 4) is 16.5 Å². The van der Waals surface area contributed by atoms with Gasteiger partial charge in [0.2, 0.25) is 0 Å². The first-order valence-corrected chi connectivity index (χ1v) is 13.7. The maximum Gasteiger partial charge on any atom is 0.323 e. The summed E-state index contributed by atoms with van der Waals surface area (Å²) in [5.41, 5.74) is 5.11. The molecule has 6 rings (SSSR count). The van der Waals surface area contributed by atoms with Crippen molar-refractivity contribution in [1.82, 2.24) is 14.4 Å². The Morgan fingerprint density at radius 3 is 2.74 bits per heavy atom. The van der Waals surface area contributed by atoms with Crippen molar-refractivity contribution in [1.29, 1.82) is 0 Å². The second kappa shape index (κ2) is 10.0. The van der Waals surface area contributed by atoms with Gasteiger partial charge in [-0.1, -0.05) is 23.7 Å². The van der Waals surface area contributed by atoms with Crippen LogP contribution in [0, 0.1) is 0 Å². The van der Waals surface area contributed by atoms with Gasteiger partial charge < -0.3 is 29.2 Å². The van der Waals surface area contributed by atoms with Gasteiger partial charge in [0.1, 0.15) is 16.5 Å². The predicted octanol–water partition coefficient (Wildman–Crippen LogP) is 6.33.